The summed E-state index contributed by atoms with van der Waals surface area (Å²) < 4.78 is 0. The van der Waals surface area contributed by atoms with Crippen LogP contribution in [0.1, 0.15) is 25.8 Å². The van der Waals surface area contributed by atoms with Crippen LogP contribution in [-0.2, 0) is 6.42 Å². The van der Waals surface area contributed by atoms with Gasteiger partial charge in [0.05, 0.1) is 0 Å². The van der Waals surface area contributed by atoms with Gasteiger partial charge >= 0.3 is 0 Å². The van der Waals surface area contributed by atoms with Crippen molar-refractivity contribution in [2.45, 2.75) is 32.2 Å². The summed E-state index contributed by atoms with van der Waals surface area (Å²) in [5.74, 6) is 0. The van der Waals surface area contributed by atoms with Gasteiger partial charge in [0.15, 0.2) is 0 Å². The van der Waals surface area contributed by atoms with E-state index in [0.29, 0.717) is 0 Å². The van der Waals surface area contributed by atoms with Gasteiger partial charge in [0.1, 0.15) is 0 Å². The topological polar surface area (TPSA) is 4.36 Å². The van der Waals surface area contributed by atoms with Gasteiger partial charge in [-0.1, -0.05) is 30.3 Å². The molecule has 0 saturated heterocycles. The zero-order valence-corrected chi connectivity index (χ0v) is 8.25. The van der Waals surface area contributed by atoms with Crippen molar-refractivity contribution >= 4 is 0 Å². The van der Waals surface area contributed by atoms with Crippen LogP contribution < -0.4 is 0 Å². The lowest BCUT2D eigenvalue weighted by Crippen LogP contribution is -2.14. The van der Waals surface area contributed by atoms with Gasteiger partial charge in [-0.3, -0.25) is 0 Å². The molecule has 0 heterocycles. The largest absolute Gasteiger partial charge is 0.311 e. The zero-order valence-electron chi connectivity index (χ0n) is 8.25. The second-order valence-corrected chi connectivity index (χ2v) is 3.91. The number of benzene rings is 1. The molecule has 1 rings (SSSR count). The van der Waals surface area contributed by atoms with Crippen molar-refractivity contribution in [2.75, 3.05) is 0 Å². The Morgan fingerprint density at radius 2 is 1.85 bits per heavy atom. The average Bonchev–Trinajstić information content (AvgIpc) is 2.17. The summed E-state index contributed by atoms with van der Waals surface area (Å²) in [5, 5.41) is 0. The molecule has 0 saturated carbocycles. The van der Waals surface area contributed by atoms with E-state index in [9.17, 15) is 0 Å². The molecule has 0 aliphatic rings. The molecule has 0 atom stereocenters. The van der Waals surface area contributed by atoms with E-state index in [1.807, 2.05) is 32.0 Å². The van der Waals surface area contributed by atoms with Gasteiger partial charge in [-0.05, 0) is 12.0 Å². The number of hydrogen-bond acceptors (Lipinski definition) is 0. The van der Waals surface area contributed by atoms with Crippen molar-refractivity contribution in [2.24, 2.45) is 0 Å². The van der Waals surface area contributed by atoms with Crippen molar-refractivity contribution in [1.29, 1.82) is 0 Å². The SMILES string of the molecule is [C-]#[N+]C(C)(C)CCc1ccccc1. The smallest absolute Gasteiger partial charge is 0.227 e. The lowest BCUT2D eigenvalue weighted by atomic mass is 9.96. The van der Waals surface area contributed by atoms with E-state index in [4.69, 9.17) is 6.57 Å². The Kier molecular flexibility index (Phi) is 3.08. The lowest BCUT2D eigenvalue weighted by Gasteiger charge is -2.10. The quantitative estimate of drug-likeness (QED) is 0.618. The molecule has 0 fully saturated rings. The highest BCUT2D eigenvalue weighted by molar-refractivity contribution is 5.15. The van der Waals surface area contributed by atoms with Gasteiger partial charge in [-0.2, -0.15) is 0 Å². The molecule has 68 valence electrons. The summed E-state index contributed by atoms with van der Waals surface area (Å²) >= 11 is 0. The molecule has 0 N–H and O–H groups in total. The second-order valence-electron chi connectivity index (χ2n) is 3.91. The Labute approximate surface area is 80.2 Å². The number of nitrogens with zero attached hydrogens (tertiary/aromatic N) is 1. The summed E-state index contributed by atoms with van der Waals surface area (Å²) in [4.78, 5) is 3.59. The fourth-order valence-corrected chi connectivity index (χ4v) is 1.15. The van der Waals surface area contributed by atoms with Gasteiger partial charge in [0, 0.05) is 20.3 Å². The summed E-state index contributed by atoms with van der Waals surface area (Å²) in [6.07, 6.45) is 1.93. The fourth-order valence-electron chi connectivity index (χ4n) is 1.15. The first-order valence-electron chi connectivity index (χ1n) is 4.57. The Morgan fingerprint density at radius 1 is 1.23 bits per heavy atom. The van der Waals surface area contributed by atoms with Gasteiger partial charge in [0.25, 0.3) is 0 Å². The summed E-state index contributed by atoms with van der Waals surface area (Å²) in [5.41, 5.74) is 1.11. The van der Waals surface area contributed by atoms with Crippen LogP contribution in [0.25, 0.3) is 4.85 Å². The first-order valence-corrected chi connectivity index (χ1v) is 4.57. The monoisotopic (exact) mass is 173 g/mol. The van der Waals surface area contributed by atoms with E-state index in [-0.39, 0.29) is 5.54 Å². The minimum absolute atomic E-state index is 0.212. The molecule has 0 spiro atoms. The number of rotatable bonds is 3. The fraction of sp³-hybridized carbons (Fsp3) is 0.417. The van der Waals surface area contributed by atoms with Gasteiger partial charge in [-0.25, -0.2) is 6.57 Å². The molecule has 0 aliphatic heterocycles. The molecular formula is C12H15N. The Balaban J connectivity index is 2.50. The lowest BCUT2D eigenvalue weighted by molar-refractivity contribution is 0.557. The molecule has 1 aromatic carbocycles. The minimum Gasteiger partial charge on any atom is -0.311 e. The molecule has 0 bridgehead atoms. The van der Waals surface area contributed by atoms with Crippen LogP contribution >= 0.6 is 0 Å². The van der Waals surface area contributed by atoms with Crippen molar-refractivity contribution in [3.63, 3.8) is 0 Å². The summed E-state index contributed by atoms with van der Waals surface area (Å²) in [6, 6.07) is 10.3. The van der Waals surface area contributed by atoms with Gasteiger partial charge in [0.2, 0.25) is 5.54 Å². The van der Waals surface area contributed by atoms with E-state index in [0.717, 1.165) is 12.8 Å². The third kappa shape index (κ3) is 3.29. The van der Waals surface area contributed by atoms with E-state index >= 15 is 0 Å². The van der Waals surface area contributed by atoms with E-state index in [1.54, 1.807) is 0 Å². The van der Waals surface area contributed by atoms with Crippen molar-refractivity contribution in [1.82, 2.24) is 0 Å². The van der Waals surface area contributed by atoms with Crippen LogP contribution in [0.5, 0.6) is 0 Å². The number of aryl methyl sites for hydroxylation is 1. The number of hydrogen-bond donors (Lipinski definition) is 0. The third-order valence-electron chi connectivity index (χ3n) is 2.17. The van der Waals surface area contributed by atoms with E-state index < -0.39 is 0 Å². The molecule has 0 aliphatic carbocycles. The van der Waals surface area contributed by atoms with Crippen LogP contribution in [0.2, 0.25) is 0 Å². The summed E-state index contributed by atoms with van der Waals surface area (Å²) in [6.45, 7) is 11.0. The predicted molar refractivity (Wildman–Crippen MR) is 55.4 cm³/mol. The highest BCUT2D eigenvalue weighted by Crippen LogP contribution is 2.17. The molecule has 1 heteroatoms. The first-order chi connectivity index (χ1) is 6.14. The van der Waals surface area contributed by atoms with Crippen molar-refractivity contribution < 1.29 is 0 Å². The Morgan fingerprint density at radius 3 is 2.38 bits per heavy atom. The molecule has 0 amide bonds. The van der Waals surface area contributed by atoms with Gasteiger partial charge < -0.3 is 4.85 Å². The normalized spacial score (nSPS) is 10.8. The average molecular weight is 173 g/mol. The third-order valence-corrected chi connectivity index (χ3v) is 2.17. The Bertz CT molecular complexity index is 293. The highest BCUT2D eigenvalue weighted by Gasteiger charge is 2.21. The maximum absolute atomic E-state index is 7.00. The van der Waals surface area contributed by atoms with E-state index in [2.05, 4.69) is 17.0 Å². The zero-order chi connectivity index (χ0) is 9.73. The van der Waals surface area contributed by atoms with Crippen LogP contribution in [0, 0.1) is 6.57 Å². The van der Waals surface area contributed by atoms with Crippen LogP contribution in [-0.4, -0.2) is 5.54 Å². The molecule has 13 heavy (non-hydrogen) atoms. The maximum atomic E-state index is 7.00. The molecule has 0 aromatic heterocycles. The molecule has 0 unspecified atom stereocenters. The van der Waals surface area contributed by atoms with Crippen LogP contribution in [0.15, 0.2) is 30.3 Å². The van der Waals surface area contributed by atoms with Crippen molar-refractivity contribution in [3.05, 3.63) is 47.3 Å². The van der Waals surface area contributed by atoms with Gasteiger partial charge in [-0.15, -0.1) is 0 Å². The molecule has 1 aromatic rings. The highest BCUT2D eigenvalue weighted by atomic mass is 14.8. The standard InChI is InChI=1S/C12H15N/c1-12(2,13-3)10-9-11-7-5-4-6-8-11/h4-8H,9-10H2,1-2H3. The first kappa shape index (κ1) is 9.80. The maximum Gasteiger partial charge on any atom is 0.227 e. The molecule has 1 nitrogen and oxygen atoms in total. The minimum atomic E-state index is -0.212. The van der Waals surface area contributed by atoms with E-state index in [1.165, 1.54) is 5.56 Å². The Hall–Kier alpha value is -1.29. The molecule has 0 radical (unpaired) electrons. The predicted octanol–water partition coefficient (Wildman–Crippen LogP) is 3.32. The van der Waals surface area contributed by atoms with Crippen molar-refractivity contribution in [3.8, 4) is 0 Å². The molecular weight excluding hydrogens is 158 g/mol. The second kappa shape index (κ2) is 4.09. The van der Waals surface area contributed by atoms with Crippen LogP contribution in [0.3, 0.4) is 0 Å². The van der Waals surface area contributed by atoms with Crippen LogP contribution in [0.4, 0.5) is 0 Å². The summed E-state index contributed by atoms with van der Waals surface area (Å²) in [7, 11) is 0.